The summed E-state index contributed by atoms with van der Waals surface area (Å²) in [5, 5.41) is 3.97. The zero-order valence-electron chi connectivity index (χ0n) is 25.6. The molecule has 0 bridgehead atoms. The maximum atomic E-state index is 14.3. The van der Waals surface area contributed by atoms with Crippen molar-refractivity contribution in [2.75, 3.05) is 5.32 Å². The first kappa shape index (κ1) is 30.8. The molecular weight excluding hydrogens is 623 g/mol. The third kappa shape index (κ3) is 5.84. The summed E-state index contributed by atoms with van der Waals surface area (Å²) in [5.41, 5.74) is 7.24. The Morgan fingerprint density at radius 1 is 0.956 bits per heavy atom. The summed E-state index contributed by atoms with van der Waals surface area (Å²) < 4.78 is 4.27. The maximum Gasteiger partial charge on any atom is 0.271 e. The number of carbonyl (C=O) groups is 1. The van der Waals surface area contributed by atoms with E-state index in [4.69, 9.17) is 28.2 Å². The summed E-state index contributed by atoms with van der Waals surface area (Å²) >= 11 is 13.8. The van der Waals surface area contributed by atoms with Crippen molar-refractivity contribution in [2.45, 2.75) is 46.6 Å². The SMILES string of the molecule is CC1=C(C(=O)Nc2ccccc2)[C@@H](c2ccc(C(C)C)cc2)n2c(s/c(=C\c3cc(C)n(-c4ccc(Cl)c(Cl)c4)c3C)c2=O)=N1. The number of fused-ring (bicyclic) bond motifs is 1. The fraction of sp³-hybridized carbons (Fsp3) is 0.194. The van der Waals surface area contributed by atoms with E-state index in [1.807, 2.05) is 87.5 Å². The van der Waals surface area contributed by atoms with Crippen LogP contribution in [0.2, 0.25) is 10.0 Å². The predicted molar refractivity (Wildman–Crippen MR) is 185 cm³/mol. The summed E-state index contributed by atoms with van der Waals surface area (Å²) in [6, 6.07) is 24.4. The molecule has 0 aliphatic carbocycles. The van der Waals surface area contributed by atoms with Crippen LogP contribution >= 0.6 is 34.5 Å². The fourth-order valence-electron chi connectivity index (χ4n) is 5.81. The number of hydrogen-bond donors (Lipinski definition) is 1. The number of hydrogen-bond acceptors (Lipinski definition) is 4. The number of amides is 1. The first-order valence-corrected chi connectivity index (χ1v) is 16.2. The van der Waals surface area contributed by atoms with Crippen LogP contribution in [0.5, 0.6) is 0 Å². The molecule has 0 radical (unpaired) electrons. The maximum absolute atomic E-state index is 14.3. The molecule has 1 atom stereocenters. The Balaban J connectivity index is 1.49. The van der Waals surface area contributed by atoms with E-state index in [0.717, 1.165) is 28.2 Å². The normalized spacial score (nSPS) is 14.9. The van der Waals surface area contributed by atoms with Gasteiger partial charge in [0.15, 0.2) is 4.80 Å². The average molecular weight is 656 g/mol. The monoisotopic (exact) mass is 654 g/mol. The van der Waals surface area contributed by atoms with Gasteiger partial charge < -0.3 is 9.88 Å². The topological polar surface area (TPSA) is 68.4 Å². The highest BCUT2D eigenvalue weighted by molar-refractivity contribution is 7.07. The summed E-state index contributed by atoms with van der Waals surface area (Å²) in [4.78, 5) is 33.5. The number of halogens is 2. The van der Waals surface area contributed by atoms with Crippen LogP contribution < -0.4 is 20.2 Å². The van der Waals surface area contributed by atoms with Gasteiger partial charge in [0, 0.05) is 22.8 Å². The quantitative estimate of drug-likeness (QED) is 0.204. The van der Waals surface area contributed by atoms with Gasteiger partial charge in [0.25, 0.3) is 11.5 Å². The molecule has 5 aromatic rings. The van der Waals surface area contributed by atoms with Crippen molar-refractivity contribution < 1.29 is 4.79 Å². The summed E-state index contributed by atoms with van der Waals surface area (Å²) in [5.74, 6) is 0.0573. The number of benzene rings is 3. The first-order chi connectivity index (χ1) is 21.5. The number of thiazole rings is 1. The summed E-state index contributed by atoms with van der Waals surface area (Å²) in [6.07, 6.45) is 1.90. The zero-order valence-corrected chi connectivity index (χ0v) is 27.9. The largest absolute Gasteiger partial charge is 0.322 e. The van der Waals surface area contributed by atoms with Gasteiger partial charge in [0.05, 0.1) is 31.9 Å². The molecule has 0 unspecified atom stereocenters. The number of aryl methyl sites for hydroxylation is 1. The lowest BCUT2D eigenvalue weighted by molar-refractivity contribution is -0.113. The molecular formula is C36H32Cl2N4O2S. The number of aromatic nitrogens is 2. The van der Waals surface area contributed by atoms with Crippen molar-refractivity contribution in [3.63, 3.8) is 0 Å². The molecule has 1 aliphatic heterocycles. The highest BCUT2D eigenvalue weighted by Gasteiger charge is 2.32. The van der Waals surface area contributed by atoms with Gasteiger partial charge in [-0.05, 0) is 85.9 Å². The second-order valence-electron chi connectivity index (χ2n) is 11.5. The molecule has 45 heavy (non-hydrogen) atoms. The van der Waals surface area contributed by atoms with Crippen LogP contribution in [0.25, 0.3) is 11.8 Å². The Kier molecular flexibility index (Phi) is 8.44. The highest BCUT2D eigenvalue weighted by atomic mass is 35.5. The fourth-order valence-corrected chi connectivity index (χ4v) is 7.14. The molecule has 1 aliphatic rings. The molecule has 3 aromatic carbocycles. The molecule has 2 aromatic heterocycles. The van der Waals surface area contributed by atoms with Crippen LogP contribution in [-0.2, 0) is 4.79 Å². The van der Waals surface area contributed by atoms with E-state index in [9.17, 15) is 9.59 Å². The van der Waals surface area contributed by atoms with Gasteiger partial charge in [-0.1, -0.05) is 90.9 Å². The van der Waals surface area contributed by atoms with Crippen LogP contribution in [0.15, 0.2) is 99.9 Å². The van der Waals surface area contributed by atoms with E-state index in [0.29, 0.717) is 42.3 Å². The second-order valence-corrected chi connectivity index (χ2v) is 13.3. The number of allylic oxidation sites excluding steroid dienone is 1. The van der Waals surface area contributed by atoms with Gasteiger partial charge >= 0.3 is 0 Å². The standard InChI is InChI=1S/C36H32Cl2N4O2S/c1-20(2)24-11-13-25(14-12-24)33-32(34(43)40-27-9-7-6-8-10-27)22(4)39-36-42(33)35(44)31(45-36)18-26-17-21(3)41(23(26)5)28-15-16-29(37)30(38)19-28/h6-20,33H,1-5H3,(H,40,43)/b31-18-/t33-/m1/s1. The van der Waals surface area contributed by atoms with E-state index in [2.05, 4.69) is 35.9 Å². The van der Waals surface area contributed by atoms with Crippen LogP contribution in [-0.4, -0.2) is 15.0 Å². The van der Waals surface area contributed by atoms with Gasteiger partial charge in [-0.2, -0.15) is 0 Å². The number of rotatable bonds is 6. The third-order valence-corrected chi connectivity index (χ3v) is 9.86. The molecule has 0 saturated heterocycles. The lowest BCUT2D eigenvalue weighted by atomic mass is 9.93. The van der Waals surface area contributed by atoms with Crippen molar-refractivity contribution >= 4 is 52.2 Å². The van der Waals surface area contributed by atoms with Crippen molar-refractivity contribution in [1.29, 1.82) is 0 Å². The lowest BCUT2D eigenvalue weighted by Gasteiger charge is -2.25. The minimum atomic E-state index is -0.642. The minimum absolute atomic E-state index is 0.200. The van der Waals surface area contributed by atoms with Crippen molar-refractivity contribution in [3.8, 4) is 5.69 Å². The van der Waals surface area contributed by atoms with Gasteiger partial charge in [-0.15, -0.1) is 0 Å². The first-order valence-electron chi connectivity index (χ1n) is 14.7. The van der Waals surface area contributed by atoms with Gasteiger partial charge in [0.1, 0.15) is 0 Å². The number of nitrogens with zero attached hydrogens (tertiary/aromatic N) is 3. The number of para-hydroxylation sites is 1. The number of anilines is 1. The highest BCUT2D eigenvalue weighted by Crippen LogP contribution is 2.32. The van der Waals surface area contributed by atoms with Crippen molar-refractivity contribution in [3.05, 3.63) is 148 Å². The Morgan fingerprint density at radius 3 is 2.33 bits per heavy atom. The molecule has 9 heteroatoms. The van der Waals surface area contributed by atoms with Gasteiger partial charge in [-0.3, -0.25) is 14.2 Å². The van der Waals surface area contributed by atoms with Crippen LogP contribution in [0.1, 0.15) is 60.8 Å². The van der Waals surface area contributed by atoms with Crippen LogP contribution in [0, 0.1) is 13.8 Å². The Labute approximate surface area is 275 Å². The number of carbonyl (C=O) groups excluding carboxylic acids is 1. The van der Waals surface area contributed by atoms with Gasteiger partial charge in [-0.25, -0.2) is 4.99 Å². The Morgan fingerprint density at radius 2 is 1.67 bits per heavy atom. The molecule has 0 saturated carbocycles. The number of nitrogens with one attached hydrogen (secondary N) is 1. The Bertz CT molecular complexity index is 2160. The predicted octanol–water partition coefficient (Wildman–Crippen LogP) is 7.71. The molecule has 0 spiro atoms. The van der Waals surface area contributed by atoms with E-state index in [1.54, 1.807) is 10.6 Å². The summed E-state index contributed by atoms with van der Waals surface area (Å²) in [7, 11) is 0. The molecule has 6 rings (SSSR count). The van der Waals surface area contributed by atoms with E-state index < -0.39 is 6.04 Å². The summed E-state index contributed by atoms with van der Waals surface area (Å²) in [6.45, 7) is 10.1. The van der Waals surface area contributed by atoms with E-state index >= 15 is 0 Å². The minimum Gasteiger partial charge on any atom is -0.322 e. The van der Waals surface area contributed by atoms with Crippen molar-refractivity contribution in [1.82, 2.24) is 9.13 Å². The zero-order chi connectivity index (χ0) is 32.0. The smallest absolute Gasteiger partial charge is 0.271 e. The third-order valence-electron chi connectivity index (χ3n) is 8.14. The van der Waals surface area contributed by atoms with Crippen molar-refractivity contribution in [2.24, 2.45) is 4.99 Å². The van der Waals surface area contributed by atoms with Crippen LogP contribution in [0.4, 0.5) is 5.69 Å². The average Bonchev–Trinajstić information content (AvgIpc) is 3.47. The van der Waals surface area contributed by atoms with Crippen LogP contribution in [0.3, 0.4) is 0 Å². The molecule has 0 fully saturated rings. The molecule has 3 heterocycles. The van der Waals surface area contributed by atoms with Gasteiger partial charge in [0.2, 0.25) is 0 Å². The lowest BCUT2D eigenvalue weighted by Crippen LogP contribution is -2.40. The molecule has 1 N–H and O–H groups in total. The molecule has 6 nitrogen and oxygen atoms in total. The molecule has 228 valence electrons. The second kappa shape index (κ2) is 12.3. The molecule has 1 amide bonds. The van der Waals surface area contributed by atoms with E-state index in [-0.39, 0.29) is 11.5 Å². The van der Waals surface area contributed by atoms with E-state index in [1.165, 1.54) is 16.9 Å². The Hall–Kier alpha value is -4.17.